The number of nitrogens with zero attached hydrogens (tertiary/aromatic N) is 6. The summed E-state index contributed by atoms with van der Waals surface area (Å²) in [5.41, 5.74) is 0.00241. The second-order valence-corrected chi connectivity index (χ2v) is 5.56. The molecular formula is C13H14F3N7O. The lowest BCUT2D eigenvalue weighted by molar-refractivity contribution is -0.146. The van der Waals surface area contributed by atoms with Gasteiger partial charge in [-0.1, -0.05) is 19.0 Å². The van der Waals surface area contributed by atoms with Crippen LogP contribution in [0.4, 0.5) is 19.0 Å². The van der Waals surface area contributed by atoms with Crippen molar-refractivity contribution in [2.45, 2.75) is 33.0 Å². The van der Waals surface area contributed by atoms with Gasteiger partial charge >= 0.3 is 6.18 Å². The van der Waals surface area contributed by atoms with Crippen LogP contribution in [0.3, 0.4) is 0 Å². The van der Waals surface area contributed by atoms with Crippen LogP contribution in [-0.4, -0.2) is 30.0 Å². The Morgan fingerprint density at radius 3 is 2.54 bits per heavy atom. The Balaban J connectivity index is 1.96. The summed E-state index contributed by atoms with van der Waals surface area (Å²) in [6, 6.07) is 2.51. The Hall–Kier alpha value is -2.72. The van der Waals surface area contributed by atoms with Crippen LogP contribution >= 0.6 is 0 Å². The van der Waals surface area contributed by atoms with Crippen molar-refractivity contribution in [3.8, 4) is 0 Å². The van der Waals surface area contributed by atoms with Gasteiger partial charge in [-0.25, -0.2) is 0 Å². The highest BCUT2D eigenvalue weighted by molar-refractivity contribution is 5.45. The first-order valence-corrected chi connectivity index (χ1v) is 7.12. The van der Waals surface area contributed by atoms with Crippen molar-refractivity contribution in [2.24, 2.45) is 5.92 Å². The van der Waals surface area contributed by atoms with E-state index in [0.29, 0.717) is 16.2 Å². The van der Waals surface area contributed by atoms with Gasteiger partial charge in [0.15, 0.2) is 11.5 Å². The van der Waals surface area contributed by atoms with E-state index in [2.05, 4.69) is 30.8 Å². The van der Waals surface area contributed by atoms with Gasteiger partial charge < -0.3 is 9.84 Å². The number of aromatic nitrogens is 6. The third-order valence-electron chi connectivity index (χ3n) is 3.30. The first-order valence-electron chi connectivity index (χ1n) is 7.12. The maximum absolute atomic E-state index is 12.9. The molecule has 3 aromatic heterocycles. The van der Waals surface area contributed by atoms with E-state index in [1.807, 2.05) is 13.8 Å². The fraction of sp³-hybridized carbons (Fsp3) is 0.462. The van der Waals surface area contributed by atoms with E-state index < -0.39 is 18.0 Å². The molecular weight excluding hydrogens is 327 g/mol. The molecule has 0 saturated carbocycles. The standard InChI is InChI=1S/C13H14F3N7O/c1-6(2)10(11-17-7(3)22-24-11)18-8-4-5-9-19-20-12(13(14,15)16)23(9)21-8/h4-6,10H,1-3H3,(H,18,21)/t10-/m1/s1. The van der Waals surface area contributed by atoms with Crippen LogP contribution in [0.25, 0.3) is 5.65 Å². The predicted octanol–water partition coefficient (Wildman–Crippen LogP) is 2.64. The Kier molecular flexibility index (Phi) is 3.85. The van der Waals surface area contributed by atoms with Crippen molar-refractivity contribution >= 4 is 11.5 Å². The summed E-state index contributed by atoms with van der Waals surface area (Å²) in [7, 11) is 0. The van der Waals surface area contributed by atoms with E-state index in [1.54, 1.807) is 6.92 Å². The zero-order valence-electron chi connectivity index (χ0n) is 13.0. The van der Waals surface area contributed by atoms with Crippen LogP contribution in [0, 0.1) is 12.8 Å². The minimum Gasteiger partial charge on any atom is -0.357 e. The number of anilines is 1. The quantitative estimate of drug-likeness (QED) is 0.779. The summed E-state index contributed by atoms with van der Waals surface area (Å²) < 4.78 is 44.6. The molecule has 3 rings (SSSR count). The van der Waals surface area contributed by atoms with Gasteiger partial charge in [-0.2, -0.15) is 22.7 Å². The second-order valence-electron chi connectivity index (χ2n) is 5.56. The summed E-state index contributed by atoms with van der Waals surface area (Å²) in [5.74, 6) is -0.133. The third kappa shape index (κ3) is 3.01. The van der Waals surface area contributed by atoms with Gasteiger partial charge in [0.2, 0.25) is 5.89 Å². The number of nitrogens with one attached hydrogen (secondary N) is 1. The number of hydrogen-bond acceptors (Lipinski definition) is 7. The molecule has 0 unspecified atom stereocenters. The second kappa shape index (κ2) is 5.73. The molecule has 0 aromatic carbocycles. The molecule has 0 fully saturated rings. The van der Waals surface area contributed by atoms with Crippen LogP contribution < -0.4 is 5.32 Å². The highest BCUT2D eigenvalue weighted by Crippen LogP contribution is 2.28. The molecule has 1 atom stereocenters. The molecule has 11 heteroatoms. The SMILES string of the molecule is Cc1noc([C@H](Nc2ccc3nnc(C(F)(F)F)n3n2)C(C)C)n1. The Labute approximate surface area is 134 Å². The Morgan fingerprint density at radius 1 is 1.21 bits per heavy atom. The first kappa shape index (κ1) is 16.1. The van der Waals surface area contributed by atoms with Crippen LogP contribution in [0.1, 0.15) is 37.4 Å². The van der Waals surface area contributed by atoms with Gasteiger partial charge in [-0.15, -0.1) is 15.3 Å². The molecule has 24 heavy (non-hydrogen) atoms. The van der Waals surface area contributed by atoms with Crippen LogP contribution in [-0.2, 0) is 6.18 Å². The number of rotatable bonds is 4. The molecule has 0 aliphatic carbocycles. The zero-order chi connectivity index (χ0) is 17.5. The molecule has 0 radical (unpaired) electrons. The van der Waals surface area contributed by atoms with Gasteiger partial charge in [-0.3, -0.25) is 0 Å². The van der Waals surface area contributed by atoms with E-state index in [-0.39, 0.29) is 17.4 Å². The Bertz CT molecular complexity index is 855. The molecule has 0 aliphatic rings. The molecule has 8 nitrogen and oxygen atoms in total. The molecule has 3 heterocycles. The summed E-state index contributed by atoms with van der Waals surface area (Å²) >= 11 is 0. The minimum absolute atomic E-state index is 0.00241. The number of hydrogen-bond donors (Lipinski definition) is 1. The highest BCUT2D eigenvalue weighted by atomic mass is 19.4. The van der Waals surface area contributed by atoms with Gasteiger partial charge in [-0.05, 0) is 25.0 Å². The minimum atomic E-state index is -4.65. The summed E-state index contributed by atoms with van der Waals surface area (Å²) in [6.45, 7) is 5.51. The molecule has 0 saturated heterocycles. The fourth-order valence-electron chi connectivity index (χ4n) is 2.15. The van der Waals surface area contributed by atoms with Crippen molar-refractivity contribution < 1.29 is 17.7 Å². The lowest BCUT2D eigenvalue weighted by atomic mass is 10.0. The smallest absolute Gasteiger partial charge is 0.357 e. The zero-order valence-corrected chi connectivity index (χ0v) is 13.0. The van der Waals surface area contributed by atoms with E-state index >= 15 is 0 Å². The van der Waals surface area contributed by atoms with Crippen molar-refractivity contribution in [3.63, 3.8) is 0 Å². The van der Waals surface area contributed by atoms with Crippen LogP contribution in [0.2, 0.25) is 0 Å². The maximum Gasteiger partial charge on any atom is 0.453 e. The fourth-order valence-corrected chi connectivity index (χ4v) is 2.15. The number of fused-ring (bicyclic) bond motifs is 1. The molecule has 3 aromatic rings. The lowest BCUT2D eigenvalue weighted by Crippen LogP contribution is -2.19. The van der Waals surface area contributed by atoms with Crippen LogP contribution in [0.5, 0.6) is 0 Å². The van der Waals surface area contributed by atoms with E-state index in [4.69, 9.17) is 4.52 Å². The summed E-state index contributed by atoms with van der Waals surface area (Å²) in [4.78, 5) is 4.16. The van der Waals surface area contributed by atoms with Crippen molar-refractivity contribution in [2.75, 3.05) is 5.32 Å². The third-order valence-corrected chi connectivity index (χ3v) is 3.30. The molecule has 1 N–H and O–H groups in total. The monoisotopic (exact) mass is 341 g/mol. The van der Waals surface area contributed by atoms with E-state index in [1.165, 1.54) is 12.1 Å². The number of halogens is 3. The van der Waals surface area contributed by atoms with Gasteiger partial charge in [0.05, 0.1) is 0 Å². The highest BCUT2D eigenvalue weighted by Gasteiger charge is 2.37. The topological polar surface area (TPSA) is 94.0 Å². The van der Waals surface area contributed by atoms with Gasteiger partial charge in [0, 0.05) is 0 Å². The predicted molar refractivity (Wildman–Crippen MR) is 76.0 cm³/mol. The number of alkyl halides is 3. The Morgan fingerprint density at radius 2 is 1.96 bits per heavy atom. The van der Waals surface area contributed by atoms with Crippen molar-refractivity contribution in [1.29, 1.82) is 0 Å². The van der Waals surface area contributed by atoms with Gasteiger partial charge in [0.25, 0.3) is 5.82 Å². The summed E-state index contributed by atoms with van der Waals surface area (Å²) in [5, 5.41) is 17.3. The molecule has 0 aliphatic heterocycles. The average molecular weight is 341 g/mol. The van der Waals surface area contributed by atoms with E-state index in [0.717, 1.165) is 0 Å². The van der Waals surface area contributed by atoms with Gasteiger partial charge in [0.1, 0.15) is 11.9 Å². The molecule has 0 amide bonds. The average Bonchev–Trinajstić information content (AvgIpc) is 3.09. The number of aryl methyl sites for hydroxylation is 1. The molecule has 0 bridgehead atoms. The van der Waals surface area contributed by atoms with Crippen molar-refractivity contribution in [1.82, 2.24) is 30.0 Å². The van der Waals surface area contributed by atoms with Crippen molar-refractivity contribution in [3.05, 3.63) is 29.7 Å². The normalized spacial score (nSPS) is 13.6. The summed E-state index contributed by atoms with van der Waals surface area (Å²) in [6.07, 6.45) is -4.65. The largest absolute Gasteiger partial charge is 0.453 e. The molecule has 0 spiro atoms. The van der Waals surface area contributed by atoms with Crippen LogP contribution in [0.15, 0.2) is 16.7 Å². The first-order chi connectivity index (χ1) is 11.3. The maximum atomic E-state index is 12.9. The lowest BCUT2D eigenvalue weighted by Gasteiger charge is -2.19. The van der Waals surface area contributed by atoms with E-state index in [9.17, 15) is 13.2 Å². The molecule has 128 valence electrons.